The molecular weight excluding hydrogens is 442 g/mol. The van der Waals surface area contributed by atoms with Crippen LogP contribution in [0.5, 0.6) is 0 Å². The summed E-state index contributed by atoms with van der Waals surface area (Å²) >= 11 is 1.22. The van der Waals surface area contributed by atoms with E-state index in [0.717, 1.165) is 16.6 Å². The van der Waals surface area contributed by atoms with E-state index >= 15 is 0 Å². The van der Waals surface area contributed by atoms with Gasteiger partial charge in [0.1, 0.15) is 5.82 Å². The summed E-state index contributed by atoms with van der Waals surface area (Å²) in [4.78, 5) is 22.5. The van der Waals surface area contributed by atoms with Crippen LogP contribution in [-0.2, 0) is 12.2 Å². The Morgan fingerprint density at radius 2 is 1.61 bits per heavy atom. The van der Waals surface area contributed by atoms with Gasteiger partial charge >= 0.3 is 6.55 Å². The van der Waals surface area contributed by atoms with Gasteiger partial charge in [0.25, 0.3) is 5.56 Å². The maximum Gasteiger partial charge on any atom is 0.320 e. The average molecular weight is 463 g/mol. The van der Waals surface area contributed by atoms with E-state index in [2.05, 4.69) is 11.9 Å². The zero-order valence-corrected chi connectivity index (χ0v) is 18.6. The van der Waals surface area contributed by atoms with Crippen molar-refractivity contribution in [3.63, 3.8) is 0 Å². The Labute approximate surface area is 192 Å². The fourth-order valence-corrected chi connectivity index (χ4v) is 4.80. The van der Waals surface area contributed by atoms with Crippen LogP contribution < -0.4 is 5.56 Å². The number of imidazole rings is 1. The molecule has 0 aliphatic carbocycles. The van der Waals surface area contributed by atoms with Gasteiger partial charge in [0.15, 0.2) is 5.16 Å². The second-order valence-electron chi connectivity index (χ2n) is 7.53. The van der Waals surface area contributed by atoms with Crippen LogP contribution in [0.1, 0.15) is 24.9 Å². The van der Waals surface area contributed by atoms with Crippen LogP contribution in [0, 0.1) is 0 Å². The number of nitrogens with zero attached hydrogens (tertiary/aromatic N) is 4. The van der Waals surface area contributed by atoms with Crippen molar-refractivity contribution in [2.75, 3.05) is 0 Å². The zero-order valence-electron chi connectivity index (χ0n) is 17.8. The predicted molar refractivity (Wildman–Crippen MR) is 127 cm³/mol. The van der Waals surface area contributed by atoms with Crippen molar-refractivity contribution in [2.45, 2.75) is 30.8 Å². The maximum atomic E-state index is 13.8. The molecular formula is C25H20F2N4OS. The second-order valence-corrected chi connectivity index (χ2v) is 8.47. The molecule has 2 aromatic heterocycles. The van der Waals surface area contributed by atoms with E-state index in [1.807, 2.05) is 30.3 Å². The molecule has 2 heterocycles. The van der Waals surface area contributed by atoms with Gasteiger partial charge in [-0.2, -0.15) is 8.78 Å². The highest BCUT2D eigenvalue weighted by molar-refractivity contribution is 7.98. The zero-order chi connectivity index (χ0) is 22.9. The lowest BCUT2D eigenvalue weighted by Gasteiger charge is -2.14. The summed E-state index contributed by atoms with van der Waals surface area (Å²) in [6.07, 6.45) is 0.886. The minimum Gasteiger partial charge on any atom is -0.269 e. The number of alkyl halides is 2. The molecule has 5 aromatic rings. The number of hydrogen-bond donors (Lipinski definition) is 0. The van der Waals surface area contributed by atoms with Crippen molar-refractivity contribution in [2.24, 2.45) is 0 Å². The van der Waals surface area contributed by atoms with Crippen molar-refractivity contribution in [3.8, 4) is 5.69 Å². The van der Waals surface area contributed by atoms with E-state index in [1.165, 1.54) is 11.8 Å². The van der Waals surface area contributed by atoms with Gasteiger partial charge in [0, 0.05) is 0 Å². The molecule has 3 aromatic carbocycles. The molecule has 33 heavy (non-hydrogen) atoms. The molecule has 0 saturated carbocycles. The van der Waals surface area contributed by atoms with E-state index in [0.29, 0.717) is 32.8 Å². The van der Waals surface area contributed by atoms with Gasteiger partial charge in [-0.1, -0.05) is 55.1 Å². The second kappa shape index (κ2) is 8.78. The molecule has 8 heteroatoms. The molecule has 0 saturated heterocycles. The number of aromatic nitrogens is 4. The number of aryl methyl sites for hydroxylation is 1. The third-order valence-electron chi connectivity index (χ3n) is 5.54. The van der Waals surface area contributed by atoms with Crippen LogP contribution in [0.2, 0.25) is 0 Å². The van der Waals surface area contributed by atoms with E-state index in [4.69, 9.17) is 4.98 Å². The lowest BCUT2D eigenvalue weighted by molar-refractivity contribution is 0.0722. The standard InChI is InChI=1S/C25H20F2N4OS/c1-2-16-11-13-17(14-12-16)30-23(32)18-7-3-4-8-19(18)29-25(30)33-15-22-28-20-9-5-6-10-21(20)31(22)24(26)27/h3-14,24H,2,15H2,1H3. The largest absolute Gasteiger partial charge is 0.320 e. The van der Waals surface area contributed by atoms with Gasteiger partial charge in [-0.3, -0.25) is 13.9 Å². The first kappa shape index (κ1) is 21.3. The summed E-state index contributed by atoms with van der Waals surface area (Å²) in [5.74, 6) is 0.364. The van der Waals surface area contributed by atoms with Crippen LogP contribution in [0.4, 0.5) is 8.78 Å². The Morgan fingerprint density at radius 1 is 0.909 bits per heavy atom. The SMILES string of the molecule is CCc1ccc(-n2c(SCc3nc4ccccc4n3C(F)F)nc3ccccc3c2=O)cc1. The Balaban J connectivity index is 1.61. The lowest BCUT2D eigenvalue weighted by Crippen LogP contribution is -2.21. The smallest absolute Gasteiger partial charge is 0.269 e. The van der Waals surface area contributed by atoms with Gasteiger partial charge in [-0.25, -0.2) is 9.97 Å². The lowest BCUT2D eigenvalue weighted by atomic mass is 10.1. The molecule has 5 nitrogen and oxygen atoms in total. The van der Waals surface area contributed by atoms with Crippen LogP contribution >= 0.6 is 11.8 Å². The molecule has 0 fully saturated rings. The highest BCUT2D eigenvalue weighted by Gasteiger charge is 2.19. The van der Waals surface area contributed by atoms with E-state index in [9.17, 15) is 13.6 Å². The predicted octanol–water partition coefficient (Wildman–Crippen LogP) is 5.99. The van der Waals surface area contributed by atoms with Gasteiger partial charge in [-0.15, -0.1) is 0 Å². The van der Waals surface area contributed by atoms with Crippen molar-refractivity contribution in [1.29, 1.82) is 0 Å². The molecule has 0 bridgehead atoms. The Hall–Kier alpha value is -3.52. The number of halogens is 2. The van der Waals surface area contributed by atoms with Gasteiger partial charge < -0.3 is 0 Å². The quantitative estimate of drug-likeness (QED) is 0.230. The highest BCUT2D eigenvalue weighted by atomic mass is 32.2. The molecule has 0 amide bonds. The number of para-hydroxylation sites is 3. The molecule has 0 atom stereocenters. The van der Waals surface area contributed by atoms with Crippen LogP contribution in [0.15, 0.2) is 82.7 Å². The summed E-state index contributed by atoms with van der Waals surface area (Å²) < 4.78 is 30.2. The fraction of sp³-hybridized carbons (Fsp3) is 0.160. The van der Waals surface area contributed by atoms with Crippen molar-refractivity contribution < 1.29 is 8.78 Å². The molecule has 0 aliphatic heterocycles. The topological polar surface area (TPSA) is 52.7 Å². The van der Waals surface area contributed by atoms with Crippen molar-refractivity contribution in [3.05, 3.63) is 94.5 Å². The van der Waals surface area contributed by atoms with E-state index < -0.39 is 6.55 Å². The normalized spacial score (nSPS) is 11.6. The Bertz CT molecular complexity index is 1510. The summed E-state index contributed by atoms with van der Waals surface area (Å²) in [6, 6.07) is 21.7. The first-order valence-electron chi connectivity index (χ1n) is 10.5. The third kappa shape index (κ3) is 3.91. The minimum absolute atomic E-state index is 0.136. The minimum atomic E-state index is -2.72. The van der Waals surface area contributed by atoms with Crippen molar-refractivity contribution in [1.82, 2.24) is 19.1 Å². The number of thioether (sulfide) groups is 1. The number of rotatable bonds is 6. The molecule has 0 aliphatic rings. The van der Waals surface area contributed by atoms with Gasteiger partial charge in [0.05, 0.1) is 33.4 Å². The maximum absolute atomic E-state index is 13.8. The summed E-state index contributed by atoms with van der Waals surface area (Å²) in [6.45, 7) is -0.656. The fourth-order valence-electron chi connectivity index (χ4n) is 3.86. The molecule has 0 unspecified atom stereocenters. The Kier molecular flexibility index (Phi) is 5.68. The van der Waals surface area contributed by atoms with Gasteiger partial charge in [-0.05, 0) is 48.4 Å². The number of benzene rings is 3. The van der Waals surface area contributed by atoms with Crippen LogP contribution in [0.25, 0.3) is 27.6 Å². The van der Waals surface area contributed by atoms with Crippen molar-refractivity contribution >= 4 is 33.7 Å². The average Bonchev–Trinajstić information content (AvgIpc) is 3.22. The third-order valence-corrected chi connectivity index (χ3v) is 6.48. The van der Waals surface area contributed by atoms with E-state index in [-0.39, 0.29) is 17.1 Å². The van der Waals surface area contributed by atoms with Crippen LogP contribution in [-0.4, -0.2) is 19.1 Å². The summed E-state index contributed by atoms with van der Waals surface area (Å²) in [5.41, 5.74) is 3.08. The van der Waals surface area contributed by atoms with E-state index in [1.54, 1.807) is 47.0 Å². The molecule has 166 valence electrons. The number of hydrogen-bond acceptors (Lipinski definition) is 4. The molecule has 0 radical (unpaired) electrons. The summed E-state index contributed by atoms with van der Waals surface area (Å²) in [5, 5.41) is 0.928. The number of fused-ring (bicyclic) bond motifs is 2. The van der Waals surface area contributed by atoms with Gasteiger partial charge in [0.2, 0.25) is 0 Å². The first-order chi connectivity index (χ1) is 16.1. The highest BCUT2D eigenvalue weighted by Crippen LogP contribution is 2.29. The monoisotopic (exact) mass is 462 g/mol. The van der Waals surface area contributed by atoms with Crippen LogP contribution in [0.3, 0.4) is 0 Å². The first-order valence-corrected chi connectivity index (χ1v) is 11.5. The summed E-state index contributed by atoms with van der Waals surface area (Å²) in [7, 11) is 0. The molecule has 0 N–H and O–H groups in total. The molecule has 5 rings (SSSR count). The Morgan fingerprint density at radius 3 is 2.33 bits per heavy atom. The molecule has 0 spiro atoms.